The van der Waals surface area contributed by atoms with E-state index in [0.717, 1.165) is 17.9 Å². The first-order chi connectivity index (χ1) is 8.86. The summed E-state index contributed by atoms with van der Waals surface area (Å²) in [6, 6.07) is 0.274. The minimum Gasteiger partial charge on any atom is -0.476 e. The average Bonchev–Trinajstić information content (AvgIpc) is 2.69. The van der Waals surface area contributed by atoms with Crippen LogP contribution in [-0.4, -0.2) is 34.8 Å². The van der Waals surface area contributed by atoms with Gasteiger partial charge in [0.05, 0.1) is 6.10 Å². The molecule has 2 atom stereocenters. The second-order valence-electron chi connectivity index (χ2n) is 5.43. The summed E-state index contributed by atoms with van der Waals surface area (Å²) in [4.78, 5) is 15.8. The first-order valence-electron chi connectivity index (χ1n) is 6.45. The molecule has 1 aromatic rings. The average molecular weight is 284 g/mol. The Bertz CT molecular complexity index is 484. The quantitative estimate of drug-likeness (QED) is 0.870. The number of thiazole rings is 1. The molecule has 0 saturated heterocycles. The maximum Gasteiger partial charge on any atom is 0.355 e. The number of ether oxygens (including phenoxy) is 1. The molecule has 0 aromatic carbocycles. The molecule has 0 aliphatic heterocycles. The van der Waals surface area contributed by atoms with E-state index in [2.05, 4.69) is 24.1 Å². The van der Waals surface area contributed by atoms with E-state index in [1.165, 1.54) is 11.3 Å². The maximum absolute atomic E-state index is 11.0. The number of aryl methyl sites for hydroxylation is 1. The van der Waals surface area contributed by atoms with Crippen LogP contribution >= 0.6 is 11.3 Å². The second kappa shape index (κ2) is 5.09. The molecule has 1 fully saturated rings. The number of aromatic nitrogens is 1. The van der Waals surface area contributed by atoms with Crippen LogP contribution in [-0.2, 0) is 4.74 Å². The number of carboxylic acid groups (broad SMARTS) is 1. The van der Waals surface area contributed by atoms with E-state index in [1.807, 2.05) is 6.92 Å². The molecular formula is C13H20N2O3S. The lowest BCUT2D eigenvalue weighted by atomic mass is 9.64. The van der Waals surface area contributed by atoms with Gasteiger partial charge in [0, 0.05) is 22.9 Å². The number of carboxylic acids is 1. The van der Waals surface area contributed by atoms with E-state index in [1.54, 1.807) is 6.92 Å². The number of anilines is 1. The van der Waals surface area contributed by atoms with Crippen molar-refractivity contribution in [3.05, 3.63) is 10.6 Å². The van der Waals surface area contributed by atoms with Gasteiger partial charge in [-0.2, -0.15) is 0 Å². The third-order valence-electron chi connectivity index (χ3n) is 3.84. The SMILES string of the molecule is CCOC1CC(Nc2nc(C(=O)O)c(C)s2)C1(C)C. The van der Waals surface area contributed by atoms with Crippen molar-refractivity contribution in [3.63, 3.8) is 0 Å². The van der Waals surface area contributed by atoms with Gasteiger partial charge in [-0.15, -0.1) is 11.3 Å². The van der Waals surface area contributed by atoms with Crippen molar-refractivity contribution in [2.45, 2.75) is 46.3 Å². The van der Waals surface area contributed by atoms with E-state index in [-0.39, 0.29) is 23.3 Å². The van der Waals surface area contributed by atoms with Crippen molar-refractivity contribution in [2.24, 2.45) is 5.41 Å². The molecule has 6 heteroatoms. The highest BCUT2D eigenvalue weighted by Gasteiger charge is 2.49. The van der Waals surface area contributed by atoms with Crippen molar-refractivity contribution in [3.8, 4) is 0 Å². The highest BCUT2D eigenvalue weighted by atomic mass is 32.1. The summed E-state index contributed by atoms with van der Waals surface area (Å²) in [7, 11) is 0. The van der Waals surface area contributed by atoms with Gasteiger partial charge in [0.15, 0.2) is 10.8 Å². The zero-order valence-electron chi connectivity index (χ0n) is 11.7. The van der Waals surface area contributed by atoms with Gasteiger partial charge in [-0.25, -0.2) is 9.78 Å². The van der Waals surface area contributed by atoms with Gasteiger partial charge in [-0.1, -0.05) is 13.8 Å². The van der Waals surface area contributed by atoms with Crippen LogP contribution in [0.2, 0.25) is 0 Å². The summed E-state index contributed by atoms with van der Waals surface area (Å²) in [6.07, 6.45) is 1.19. The van der Waals surface area contributed by atoms with E-state index in [0.29, 0.717) is 5.13 Å². The molecule has 2 rings (SSSR count). The van der Waals surface area contributed by atoms with Crippen LogP contribution in [0.15, 0.2) is 0 Å². The van der Waals surface area contributed by atoms with Crippen LogP contribution in [0.25, 0.3) is 0 Å². The predicted octanol–water partition coefficient (Wildman–Crippen LogP) is 2.77. The molecule has 1 heterocycles. The van der Waals surface area contributed by atoms with Gasteiger partial charge in [-0.3, -0.25) is 0 Å². The van der Waals surface area contributed by atoms with Crippen molar-refractivity contribution in [2.75, 3.05) is 11.9 Å². The lowest BCUT2D eigenvalue weighted by Gasteiger charge is -2.51. The Hall–Kier alpha value is -1.14. The van der Waals surface area contributed by atoms with Gasteiger partial charge in [0.1, 0.15) is 0 Å². The van der Waals surface area contributed by atoms with Crippen LogP contribution in [0.4, 0.5) is 5.13 Å². The first kappa shape index (κ1) is 14.3. The number of nitrogens with one attached hydrogen (secondary N) is 1. The molecule has 1 aliphatic carbocycles. The van der Waals surface area contributed by atoms with Gasteiger partial charge in [0.2, 0.25) is 0 Å². The van der Waals surface area contributed by atoms with Gasteiger partial charge < -0.3 is 15.2 Å². The molecule has 1 saturated carbocycles. The second-order valence-corrected chi connectivity index (χ2v) is 6.63. The van der Waals surface area contributed by atoms with Crippen molar-refractivity contribution < 1.29 is 14.6 Å². The normalized spacial score (nSPS) is 24.8. The molecular weight excluding hydrogens is 264 g/mol. The molecule has 19 heavy (non-hydrogen) atoms. The van der Waals surface area contributed by atoms with Crippen LogP contribution < -0.4 is 5.32 Å². The molecule has 0 spiro atoms. The number of hydrogen-bond donors (Lipinski definition) is 2. The largest absolute Gasteiger partial charge is 0.476 e. The minimum atomic E-state index is -0.970. The van der Waals surface area contributed by atoms with Crippen LogP contribution in [0, 0.1) is 12.3 Å². The Morgan fingerprint density at radius 1 is 1.63 bits per heavy atom. The molecule has 2 N–H and O–H groups in total. The Balaban J connectivity index is 2.03. The summed E-state index contributed by atoms with van der Waals surface area (Å²) in [6.45, 7) is 8.82. The van der Waals surface area contributed by atoms with E-state index in [4.69, 9.17) is 9.84 Å². The zero-order valence-corrected chi connectivity index (χ0v) is 12.5. The zero-order chi connectivity index (χ0) is 14.2. The fourth-order valence-corrected chi connectivity index (χ4v) is 3.28. The molecule has 0 bridgehead atoms. The Kier molecular flexibility index (Phi) is 3.82. The van der Waals surface area contributed by atoms with Crippen molar-refractivity contribution in [1.29, 1.82) is 0 Å². The number of nitrogens with zero attached hydrogens (tertiary/aromatic N) is 1. The van der Waals surface area contributed by atoms with E-state index in [9.17, 15) is 4.79 Å². The molecule has 0 radical (unpaired) electrons. The number of aromatic carboxylic acids is 1. The van der Waals surface area contributed by atoms with Crippen molar-refractivity contribution >= 4 is 22.4 Å². The van der Waals surface area contributed by atoms with Crippen LogP contribution in [0.3, 0.4) is 0 Å². The summed E-state index contributed by atoms with van der Waals surface area (Å²) in [5.41, 5.74) is 0.185. The highest BCUT2D eigenvalue weighted by molar-refractivity contribution is 7.15. The third-order valence-corrected chi connectivity index (χ3v) is 4.74. The topological polar surface area (TPSA) is 71.5 Å². The Labute approximate surface area is 117 Å². The maximum atomic E-state index is 11.0. The van der Waals surface area contributed by atoms with Gasteiger partial charge in [0.25, 0.3) is 0 Å². The smallest absolute Gasteiger partial charge is 0.355 e. The summed E-state index contributed by atoms with van der Waals surface area (Å²) >= 11 is 1.39. The first-order valence-corrected chi connectivity index (χ1v) is 7.26. The Morgan fingerprint density at radius 3 is 2.79 bits per heavy atom. The lowest BCUT2D eigenvalue weighted by Crippen LogP contribution is -2.58. The number of hydrogen-bond acceptors (Lipinski definition) is 5. The summed E-state index contributed by atoms with van der Waals surface area (Å²) < 4.78 is 5.68. The molecule has 1 aromatic heterocycles. The highest BCUT2D eigenvalue weighted by Crippen LogP contribution is 2.44. The minimum absolute atomic E-state index is 0.0406. The summed E-state index contributed by atoms with van der Waals surface area (Å²) in [5.74, 6) is -0.970. The summed E-state index contributed by atoms with van der Waals surface area (Å²) in [5, 5.41) is 13.0. The molecule has 106 valence electrons. The monoisotopic (exact) mass is 284 g/mol. The van der Waals surface area contributed by atoms with Crippen LogP contribution in [0.1, 0.15) is 42.6 Å². The third kappa shape index (κ3) is 2.60. The van der Waals surface area contributed by atoms with Gasteiger partial charge in [-0.05, 0) is 20.3 Å². The van der Waals surface area contributed by atoms with Crippen molar-refractivity contribution in [1.82, 2.24) is 4.98 Å². The van der Waals surface area contributed by atoms with Crippen LogP contribution in [0.5, 0.6) is 0 Å². The molecule has 5 nitrogen and oxygen atoms in total. The number of carbonyl (C=O) groups is 1. The molecule has 2 unspecified atom stereocenters. The molecule has 0 amide bonds. The Morgan fingerprint density at radius 2 is 2.32 bits per heavy atom. The predicted molar refractivity (Wildman–Crippen MR) is 75.0 cm³/mol. The standard InChI is InChI=1S/C13H20N2O3S/c1-5-18-9-6-8(13(9,3)4)14-12-15-10(11(16)17)7(2)19-12/h8-9H,5-6H2,1-4H3,(H,14,15)(H,16,17). The number of rotatable bonds is 5. The fourth-order valence-electron chi connectivity index (χ4n) is 2.42. The fraction of sp³-hybridized carbons (Fsp3) is 0.692. The lowest BCUT2D eigenvalue weighted by molar-refractivity contribution is -0.0976. The molecule has 1 aliphatic rings. The van der Waals surface area contributed by atoms with E-state index >= 15 is 0 Å². The van der Waals surface area contributed by atoms with Gasteiger partial charge >= 0.3 is 5.97 Å². The van der Waals surface area contributed by atoms with E-state index < -0.39 is 5.97 Å².